The highest BCUT2D eigenvalue weighted by molar-refractivity contribution is 7.86. The number of hydrogen-bond donors (Lipinski definition) is 0. The van der Waals surface area contributed by atoms with Crippen molar-refractivity contribution in [1.82, 2.24) is 9.80 Å². The highest BCUT2D eigenvalue weighted by Gasteiger charge is 2.65. The fourth-order valence-electron chi connectivity index (χ4n) is 6.74. The van der Waals surface area contributed by atoms with Crippen LogP contribution in [0.5, 0.6) is 0 Å². The Labute approximate surface area is 473 Å². The molecule has 2 saturated heterocycles. The molecule has 0 unspecified atom stereocenters. The first kappa shape index (κ1) is 70.6. The Balaban J connectivity index is 0.000000349. The Morgan fingerprint density at radius 1 is 0.476 bits per heavy atom. The van der Waals surface area contributed by atoms with Crippen molar-refractivity contribution in [2.24, 2.45) is 0 Å². The molecule has 34 heteroatoms. The Morgan fingerprint density at radius 2 is 0.702 bits per heavy atom. The van der Waals surface area contributed by atoms with Crippen LogP contribution in [-0.4, -0.2) is 210 Å². The molecular weight excluding hydrogens is 1200 g/mol. The second-order valence-corrected chi connectivity index (χ2v) is 20.6. The Hall–Kier alpha value is -7.66. The molecule has 0 bridgehead atoms. The van der Waals surface area contributed by atoms with Gasteiger partial charge in [-0.2, -0.15) is 43.9 Å². The number of amidine groups is 2. The number of hydrogen-bond acceptors (Lipinski definition) is 18. The third-order valence-electron chi connectivity index (χ3n) is 10.4. The molecule has 4 aromatic carbocycles. The first-order valence-corrected chi connectivity index (χ1v) is 26.4. The number of rotatable bonds is 12. The van der Waals surface area contributed by atoms with Crippen molar-refractivity contribution in [2.45, 2.75) is 59.9 Å². The zero-order valence-electron chi connectivity index (χ0n) is 45.2. The van der Waals surface area contributed by atoms with Gasteiger partial charge in [-0.25, -0.2) is 55.0 Å². The van der Waals surface area contributed by atoms with Gasteiger partial charge in [0.15, 0.2) is 20.2 Å². The molecule has 6 rings (SSSR count). The van der Waals surface area contributed by atoms with E-state index >= 15 is 17.6 Å². The zero-order valence-corrected chi connectivity index (χ0v) is 46.8. The summed E-state index contributed by atoms with van der Waals surface area (Å²) >= 11 is 0. The van der Waals surface area contributed by atoms with E-state index in [0.717, 1.165) is 0 Å². The van der Waals surface area contributed by atoms with Crippen LogP contribution in [0, 0.1) is 0 Å². The van der Waals surface area contributed by atoms with Gasteiger partial charge < -0.3 is 47.0 Å². The van der Waals surface area contributed by atoms with Gasteiger partial charge >= 0.3 is 58.8 Å². The number of nitrogens with zero attached hydrogens (tertiary/aromatic N) is 4. The lowest BCUT2D eigenvalue weighted by molar-refractivity contribution is -0.484. The summed E-state index contributed by atoms with van der Waals surface area (Å²) < 4.78 is 225. The van der Waals surface area contributed by atoms with Gasteiger partial charge in [0.05, 0.1) is 78.6 Å². The van der Waals surface area contributed by atoms with E-state index in [9.17, 15) is 45.5 Å². The third-order valence-corrected chi connectivity index (χ3v) is 11.6. The maximum Gasteiger partial charge on any atom is 0.485 e. The van der Waals surface area contributed by atoms with Crippen molar-refractivity contribution in [2.75, 3.05) is 69.6 Å². The van der Waals surface area contributed by atoms with Crippen molar-refractivity contribution in [3.05, 3.63) is 144 Å². The predicted molar refractivity (Wildman–Crippen MR) is 267 cm³/mol. The molecule has 0 saturated carbocycles. The van der Waals surface area contributed by atoms with Crippen molar-refractivity contribution < 1.29 is 136 Å². The summed E-state index contributed by atoms with van der Waals surface area (Å²) in [5, 5.41) is 0. The molecule has 0 aromatic heterocycles. The van der Waals surface area contributed by atoms with E-state index in [-0.39, 0.29) is 34.3 Å². The molecule has 0 radical (unpaired) electrons. The third kappa shape index (κ3) is 20.3. The van der Waals surface area contributed by atoms with Crippen LogP contribution in [0.4, 0.5) is 43.9 Å². The zero-order chi connectivity index (χ0) is 63.8. The van der Waals surface area contributed by atoms with Crippen molar-refractivity contribution in [3.63, 3.8) is 0 Å². The SMILES string of the molecule is CN(C)C(O[C@@H]1O[C@H](COC(=O)c2ccccc2)[C@@H](OC(=O)c2ccccc2)C1(F)F)=[N+](C)C.CN(C)C(O[C@H]1O[C@H](COC(=O)c2ccccc2)[C@@H](OC(=O)c2ccccc2)C1(F)F)=[N+](C)C.O=S(=O)([O-])C(F)(F)F.O=S(=O)([O-])C(F)(F)F. The predicted octanol–water partition coefficient (Wildman–Crippen LogP) is 5.37. The summed E-state index contributed by atoms with van der Waals surface area (Å²) in [5.41, 5.74) is -10.6. The second kappa shape index (κ2) is 29.7. The van der Waals surface area contributed by atoms with E-state index < -0.39 is 117 Å². The average molecular weight is 1250 g/mol. The van der Waals surface area contributed by atoms with Crippen LogP contribution in [-0.2, 0) is 58.1 Å². The summed E-state index contributed by atoms with van der Waals surface area (Å²) in [5.74, 6) is -10.9. The first-order valence-electron chi connectivity index (χ1n) is 23.6. The van der Waals surface area contributed by atoms with E-state index in [0.29, 0.717) is 0 Å². The standard InChI is InChI=1S/2C24H27F2N2O6.2CHF3O3S/c2*1-27(2)23(28(3)4)34-22-24(25,26)19(33-21(30)17-13-9-6-10-14-17)18(32-22)15-31-20(29)16-11-7-5-8-12-16;2*2-1(3,4)8(5,6)7/h2*5-14,18-19,22H,15H2,1-4H3;2*(H,5,6,7)/q2*+1;;/p-2/t18-,19-,22+;18-,19-,22-;;/m11../s1. The Kier molecular flexibility index (Phi) is 25.0. The molecule has 0 N–H and O–H groups in total. The summed E-state index contributed by atoms with van der Waals surface area (Å²) in [6, 6.07) is 31.8. The van der Waals surface area contributed by atoms with Crippen LogP contribution in [0.3, 0.4) is 0 Å². The van der Waals surface area contributed by atoms with Crippen LogP contribution in [0.25, 0.3) is 0 Å². The number of carbonyl (C=O) groups excluding carboxylic acids is 4. The van der Waals surface area contributed by atoms with Gasteiger partial charge in [0, 0.05) is 0 Å². The molecule has 22 nitrogen and oxygen atoms in total. The van der Waals surface area contributed by atoms with Crippen LogP contribution < -0.4 is 0 Å². The van der Waals surface area contributed by atoms with Gasteiger partial charge in [0.1, 0.15) is 25.4 Å². The van der Waals surface area contributed by atoms with Gasteiger partial charge in [0.2, 0.25) is 12.2 Å². The number of benzene rings is 4. The van der Waals surface area contributed by atoms with Crippen molar-refractivity contribution >= 4 is 56.2 Å². The quantitative estimate of drug-likeness (QED) is 0.0252. The van der Waals surface area contributed by atoms with Gasteiger partial charge in [-0.05, 0) is 48.5 Å². The minimum absolute atomic E-state index is 0.0940. The number of halogens is 10. The lowest BCUT2D eigenvalue weighted by atomic mass is 10.1. The van der Waals surface area contributed by atoms with Crippen LogP contribution in [0.2, 0.25) is 0 Å². The maximum absolute atomic E-state index is 15.4. The van der Waals surface area contributed by atoms with Gasteiger partial charge in [-0.3, -0.25) is 0 Å². The molecule has 2 aliphatic rings. The van der Waals surface area contributed by atoms with E-state index in [4.69, 9.17) is 63.8 Å². The van der Waals surface area contributed by atoms with Crippen molar-refractivity contribution in [3.8, 4) is 0 Å². The molecule has 0 aliphatic carbocycles. The fraction of sp³-hybridized carbons (Fsp3) is 0.400. The average Bonchev–Trinajstić information content (AvgIpc) is 2.94. The first-order chi connectivity index (χ1) is 38.7. The molecule has 2 fully saturated rings. The smallest absolute Gasteiger partial charge is 0.485 e. The minimum atomic E-state index is -6.09. The molecule has 0 amide bonds. The summed E-state index contributed by atoms with van der Waals surface area (Å²) in [6.45, 7) is -1.15. The molecule has 0 spiro atoms. The molecule has 2 heterocycles. The summed E-state index contributed by atoms with van der Waals surface area (Å²) in [6.07, 6.45) is -11.2. The van der Waals surface area contributed by atoms with E-state index in [1.165, 1.54) is 67.5 Å². The van der Waals surface area contributed by atoms with Crippen LogP contribution >= 0.6 is 0 Å². The van der Waals surface area contributed by atoms with Gasteiger partial charge in [-0.15, -0.1) is 0 Å². The molecular formula is C50H54F10N4O18S2. The second-order valence-electron chi connectivity index (χ2n) is 17.9. The van der Waals surface area contributed by atoms with Crippen LogP contribution in [0.15, 0.2) is 121 Å². The monoisotopic (exact) mass is 1250 g/mol. The molecule has 2 aliphatic heterocycles. The number of ether oxygens (including phenoxy) is 8. The highest BCUT2D eigenvalue weighted by Crippen LogP contribution is 2.41. The summed E-state index contributed by atoms with van der Waals surface area (Å²) in [4.78, 5) is 52.8. The Bertz CT molecular complexity index is 2910. The van der Waals surface area contributed by atoms with E-state index in [1.54, 1.807) is 129 Å². The van der Waals surface area contributed by atoms with Crippen molar-refractivity contribution in [1.29, 1.82) is 0 Å². The van der Waals surface area contributed by atoms with Gasteiger partial charge in [0.25, 0.3) is 12.6 Å². The lowest BCUT2D eigenvalue weighted by Crippen LogP contribution is -2.47. The minimum Gasteiger partial charge on any atom is -0.741 e. The molecule has 84 heavy (non-hydrogen) atoms. The van der Waals surface area contributed by atoms with Crippen LogP contribution in [0.1, 0.15) is 41.4 Å². The Morgan fingerprint density at radius 3 is 0.905 bits per heavy atom. The normalized spacial score (nSPS) is 19.5. The number of alkyl halides is 10. The fourth-order valence-corrected chi connectivity index (χ4v) is 6.74. The molecule has 6 atom stereocenters. The van der Waals surface area contributed by atoms with Gasteiger partial charge in [-0.1, -0.05) is 72.8 Å². The lowest BCUT2D eigenvalue weighted by Gasteiger charge is -2.24. The molecule has 464 valence electrons. The van der Waals surface area contributed by atoms with E-state index in [1.807, 2.05) is 0 Å². The number of esters is 4. The number of carbonyl (C=O) groups is 4. The summed E-state index contributed by atoms with van der Waals surface area (Å²) in [7, 11) is 0.775. The highest BCUT2D eigenvalue weighted by atomic mass is 32.2. The van der Waals surface area contributed by atoms with E-state index in [2.05, 4.69) is 0 Å². The molecule has 4 aromatic rings. The largest absolute Gasteiger partial charge is 0.741 e. The maximum atomic E-state index is 15.4. The topological polar surface area (TPSA) is 269 Å².